The highest BCUT2D eigenvalue weighted by molar-refractivity contribution is 6.30. The van der Waals surface area contributed by atoms with Gasteiger partial charge in [0.15, 0.2) is 0 Å². The zero-order valence-electron chi connectivity index (χ0n) is 9.39. The van der Waals surface area contributed by atoms with E-state index in [4.69, 9.17) is 17.3 Å². The van der Waals surface area contributed by atoms with Crippen LogP contribution in [0.4, 0.5) is 18.9 Å². The minimum Gasteiger partial charge on any atom is -0.398 e. The molecule has 2 N–H and O–H groups in total. The molecule has 0 aromatic heterocycles. The first-order valence-corrected chi connectivity index (χ1v) is 5.45. The molecule has 0 fully saturated rings. The van der Waals surface area contributed by atoms with Gasteiger partial charge < -0.3 is 10.6 Å². The van der Waals surface area contributed by atoms with Crippen molar-refractivity contribution in [3.8, 4) is 0 Å². The Morgan fingerprint density at radius 2 is 2.00 bits per heavy atom. The van der Waals surface area contributed by atoms with Gasteiger partial charge in [-0.3, -0.25) is 0 Å². The molecule has 2 nitrogen and oxygen atoms in total. The van der Waals surface area contributed by atoms with Crippen LogP contribution in [-0.2, 0) is 6.54 Å². The van der Waals surface area contributed by atoms with Crippen molar-refractivity contribution in [2.75, 3.05) is 19.3 Å². The summed E-state index contributed by atoms with van der Waals surface area (Å²) in [6, 6.07) is 4.96. The van der Waals surface area contributed by atoms with Crippen molar-refractivity contribution in [3.05, 3.63) is 28.8 Å². The standard InChI is InChI=1S/C11H14ClF3N2/c1-17(5-4-11(13,14)15)7-8-6-9(12)2-3-10(8)16/h2-3,6H,4-5,7,16H2,1H3. The fourth-order valence-corrected chi connectivity index (χ4v) is 1.59. The second kappa shape index (κ2) is 5.60. The monoisotopic (exact) mass is 266 g/mol. The summed E-state index contributed by atoms with van der Waals surface area (Å²) in [5.41, 5.74) is 6.99. The molecule has 0 aliphatic carbocycles. The van der Waals surface area contributed by atoms with Gasteiger partial charge in [0.1, 0.15) is 0 Å². The van der Waals surface area contributed by atoms with Crippen molar-refractivity contribution >= 4 is 17.3 Å². The predicted octanol–water partition coefficient (Wildman–Crippen LogP) is 3.31. The SMILES string of the molecule is CN(CCC(F)(F)F)Cc1cc(Cl)ccc1N. The topological polar surface area (TPSA) is 29.3 Å². The van der Waals surface area contributed by atoms with Crippen molar-refractivity contribution in [1.82, 2.24) is 4.90 Å². The average Bonchev–Trinajstić information content (AvgIpc) is 2.20. The van der Waals surface area contributed by atoms with Crippen LogP contribution in [0, 0.1) is 0 Å². The summed E-state index contributed by atoms with van der Waals surface area (Å²) in [6.07, 6.45) is -4.96. The summed E-state index contributed by atoms with van der Waals surface area (Å²) in [7, 11) is 1.62. The highest BCUT2D eigenvalue weighted by Crippen LogP contribution is 2.22. The van der Waals surface area contributed by atoms with E-state index in [-0.39, 0.29) is 6.54 Å². The third kappa shape index (κ3) is 5.28. The molecule has 17 heavy (non-hydrogen) atoms. The Morgan fingerprint density at radius 1 is 1.35 bits per heavy atom. The molecule has 0 aliphatic heterocycles. The van der Waals surface area contributed by atoms with E-state index in [9.17, 15) is 13.2 Å². The van der Waals surface area contributed by atoms with Crippen molar-refractivity contribution in [3.63, 3.8) is 0 Å². The van der Waals surface area contributed by atoms with Gasteiger partial charge in [-0.25, -0.2) is 0 Å². The van der Waals surface area contributed by atoms with Crippen LogP contribution in [-0.4, -0.2) is 24.7 Å². The van der Waals surface area contributed by atoms with E-state index in [0.29, 0.717) is 17.3 Å². The van der Waals surface area contributed by atoms with Gasteiger partial charge in [0.05, 0.1) is 6.42 Å². The van der Waals surface area contributed by atoms with Crippen LogP contribution in [0.2, 0.25) is 5.02 Å². The van der Waals surface area contributed by atoms with Crippen molar-refractivity contribution < 1.29 is 13.2 Å². The van der Waals surface area contributed by atoms with Crippen LogP contribution >= 0.6 is 11.6 Å². The van der Waals surface area contributed by atoms with E-state index < -0.39 is 12.6 Å². The van der Waals surface area contributed by atoms with E-state index in [1.807, 2.05) is 0 Å². The highest BCUT2D eigenvalue weighted by atomic mass is 35.5. The lowest BCUT2D eigenvalue weighted by atomic mass is 10.1. The van der Waals surface area contributed by atoms with Gasteiger partial charge in [-0.2, -0.15) is 13.2 Å². The van der Waals surface area contributed by atoms with E-state index in [0.717, 1.165) is 5.56 Å². The number of benzene rings is 1. The number of rotatable bonds is 4. The molecular weight excluding hydrogens is 253 g/mol. The van der Waals surface area contributed by atoms with Crippen molar-refractivity contribution in [1.29, 1.82) is 0 Å². The molecule has 0 spiro atoms. The van der Waals surface area contributed by atoms with Crippen LogP contribution in [0.25, 0.3) is 0 Å². The number of anilines is 1. The number of hydrogen-bond acceptors (Lipinski definition) is 2. The molecule has 0 amide bonds. The smallest absolute Gasteiger partial charge is 0.390 e. The van der Waals surface area contributed by atoms with E-state index in [2.05, 4.69) is 0 Å². The molecule has 1 aromatic rings. The number of nitrogens with two attached hydrogens (primary N) is 1. The third-order valence-corrected chi connectivity index (χ3v) is 2.56. The Hall–Kier alpha value is -0.940. The zero-order chi connectivity index (χ0) is 13.1. The van der Waals surface area contributed by atoms with Gasteiger partial charge in [0.2, 0.25) is 0 Å². The molecule has 0 radical (unpaired) electrons. The summed E-state index contributed by atoms with van der Waals surface area (Å²) in [5.74, 6) is 0. The zero-order valence-corrected chi connectivity index (χ0v) is 10.1. The summed E-state index contributed by atoms with van der Waals surface area (Å²) < 4.78 is 36.1. The first kappa shape index (κ1) is 14.1. The van der Waals surface area contributed by atoms with E-state index in [1.54, 1.807) is 30.1 Å². The lowest BCUT2D eigenvalue weighted by molar-refractivity contribution is -0.137. The molecule has 0 aliphatic rings. The first-order valence-electron chi connectivity index (χ1n) is 5.07. The largest absolute Gasteiger partial charge is 0.398 e. The normalized spacial score (nSPS) is 12.1. The minimum absolute atomic E-state index is 0.0601. The molecule has 0 saturated heterocycles. The van der Waals surface area contributed by atoms with Crippen LogP contribution in [0.5, 0.6) is 0 Å². The van der Waals surface area contributed by atoms with Crippen LogP contribution in [0.1, 0.15) is 12.0 Å². The van der Waals surface area contributed by atoms with E-state index in [1.165, 1.54) is 0 Å². The number of alkyl halides is 3. The maximum absolute atomic E-state index is 12.0. The predicted molar refractivity (Wildman–Crippen MR) is 62.9 cm³/mol. The molecule has 0 atom stereocenters. The lowest BCUT2D eigenvalue weighted by Gasteiger charge is -2.18. The number of halogens is 4. The Balaban J connectivity index is 2.56. The summed E-state index contributed by atoms with van der Waals surface area (Å²) in [5, 5.41) is 0.526. The van der Waals surface area contributed by atoms with Gasteiger partial charge >= 0.3 is 6.18 Å². The Labute approximate surface area is 103 Å². The van der Waals surface area contributed by atoms with Crippen LogP contribution in [0.15, 0.2) is 18.2 Å². The van der Waals surface area contributed by atoms with Crippen molar-refractivity contribution in [2.24, 2.45) is 0 Å². The number of hydrogen-bond donors (Lipinski definition) is 1. The molecule has 6 heteroatoms. The number of nitrogen functional groups attached to an aromatic ring is 1. The van der Waals surface area contributed by atoms with Gasteiger partial charge in [-0.05, 0) is 30.8 Å². The average molecular weight is 267 g/mol. The van der Waals surface area contributed by atoms with Gasteiger partial charge in [0, 0.05) is 23.8 Å². The fraction of sp³-hybridized carbons (Fsp3) is 0.455. The Morgan fingerprint density at radius 3 is 2.59 bits per heavy atom. The summed E-state index contributed by atoms with van der Waals surface area (Å²) in [4.78, 5) is 1.56. The van der Waals surface area contributed by atoms with Crippen LogP contribution in [0.3, 0.4) is 0 Å². The first-order chi connectivity index (χ1) is 7.78. The van der Waals surface area contributed by atoms with Gasteiger partial charge in [-0.15, -0.1) is 0 Å². The summed E-state index contributed by atoms with van der Waals surface area (Å²) >= 11 is 5.80. The molecule has 1 aromatic carbocycles. The minimum atomic E-state index is -4.13. The highest BCUT2D eigenvalue weighted by Gasteiger charge is 2.27. The Bertz CT molecular complexity index is 379. The molecule has 96 valence electrons. The van der Waals surface area contributed by atoms with Gasteiger partial charge in [-0.1, -0.05) is 11.6 Å². The molecule has 0 heterocycles. The molecule has 0 bridgehead atoms. The maximum atomic E-state index is 12.0. The second-order valence-corrected chi connectivity index (χ2v) is 4.38. The maximum Gasteiger partial charge on any atom is 0.390 e. The second-order valence-electron chi connectivity index (χ2n) is 3.95. The molecule has 0 saturated carbocycles. The van der Waals surface area contributed by atoms with E-state index >= 15 is 0 Å². The summed E-state index contributed by atoms with van der Waals surface area (Å²) in [6.45, 7) is 0.290. The third-order valence-electron chi connectivity index (χ3n) is 2.32. The van der Waals surface area contributed by atoms with Crippen molar-refractivity contribution in [2.45, 2.75) is 19.1 Å². The quantitative estimate of drug-likeness (QED) is 0.847. The number of nitrogens with zero attached hydrogens (tertiary/aromatic N) is 1. The van der Waals surface area contributed by atoms with Gasteiger partial charge in [0.25, 0.3) is 0 Å². The molecule has 0 unspecified atom stereocenters. The molecular formula is C11H14ClF3N2. The molecule has 1 rings (SSSR count). The Kier molecular flexibility index (Phi) is 4.65. The van der Waals surface area contributed by atoms with Crippen LogP contribution < -0.4 is 5.73 Å². The fourth-order valence-electron chi connectivity index (χ4n) is 1.40. The lowest BCUT2D eigenvalue weighted by Crippen LogP contribution is -2.24.